The maximum atomic E-state index is 13.1. The van der Waals surface area contributed by atoms with Gasteiger partial charge in [-0.05, 0) is 51.7 Å². The Bertz CT molecular complexity index is 1010. The molecule has 2 aromatic rings. The fourth-order valence-electron chi connectivity index (χ4n) is 4.32. The van der Waals surface area contributed by atoms with Crippen molar-refractivity contribution in [1.82, 2.24) is 15.2 Å². The lowest BCUT2D eigenvalue weighted by molar-refractivity contribution is -0.124. The molecule has 0 unspecified atom stereocenters. The lowest BCUT2D eigenvalue weighted by Crippen LogP contribution is -2.61. The van der Waals surface area contributed by atoms with Crippen LogP contribution in [0.3, 0.4) is 0 Å². The molecule has 0 saturated heterocycles. The molecule has 1 fully saturated rings. The van der Waals surface area contributed by atoms with Crippen molar-refractivity contribution in [3.05, 3.63) is 46.8 Å². The van der Waals surface area contributed by atoms with Gasteiger partial charge in [0.05, 0.1) is 11.1 Å². The molecule has 3 rings (SSSR count). The quantitative estimate of drug-likeness (QED) is 0.763. The topological polar surface area (TPSA) is 89.4 Å². The van der Waals surface area contributed by atoms with Crippen molar-refractivity contribution in [3.63, 3.8) is 0 Å². The van der Waals surface area contributed by atoms with Gasteiger partial charge in [-0.1, -0.05) is 31.9 Å². The fraction of sp³-hybridized carbons (Fsp3) is 0.542. The van der Waals surface area contributed by atoms with Gasteiger partial charge in [-0.3, -0.25) is 9.59 Å². The monoisotopic (exact) mass is 427 g/mol. The van der Waals surface area contributed by atoms with Gasteiger partial charge in [-0.15, -0.1) is 0 Å². The number of carbonyl (C=O) groups excluding carboxylic acids is 2. The molecule has 2 amide bonds. The van der Waals surface area contributed by atoms with E-state index in [0.717, 1.165) is 31.2 Å². The SMILES string of the molecule is C[C@@H]1CCCC[C@]1(CNC(=O)OC(C)(C)C)NC(=O)Cn1ccc(=O)c2ccccc21. The number of aromatic nitrogens is 1. The molecule has 0 aliphatic heterocycles. The second kappa shape index (κ2) is 9.12. The van der Waals surface area contributed by atoms with Crippen molar-refractivity contribution < 1.29 is 14.3 Å². The highest BCUT2D eigenvalue weighted by Crippen LogP contribution is 2.33. The molecule has 2 N–H and O–H groups in total. The number of amides is 2. The van der Waals surface area contributed by atoms with Gasteiger partial charge in [-0.25, -0.2) is 4.79 Å². The Labute approximate surface area is 183 Å². The van der Waals surface area contributed by atoms with Gasteiger partial charge in [0, 0.05) is 24.2 Å². The molecule has 168 valence electrons. The first kappa shape index (κ1) is 22.8. The Hall–Kier alpha value is -2.83. The highest BCUT2D eigenvalue weighted by molar-refractivity contribution is 5.82. The molecular weight excluding hydrogens is 394 g/mol. The summed E-state index contributed by atoms with van der Waals surface area (Å²) in [6, 6.07) is 8.76. The van der Waals surface area contributed by atoms with Crippen LogP contribution in [0.5, 0.6) is 0 Å². The van der Waals surface area contributed by atoms with Crippen LogP contribution in [0, 0.1) is 5.92 Å². The first-order valence-corrected chi connectivity index (χ1v) is 11.0. The van der Waals surface area contributed by atoms with Crippen LogP contribution in [0.2, 0.25) is 0 Å². The van der Waals surface area contributed by atoms with Gasteiger partial charge in [0.25, 0.3) is 0 Å². The summed E-state index contributed by atoms with van der Waals surface area (Å²) in [6.45, 7) is 8.00. The molecule has 7 nitrogen and oxygen atoms in total. The Balaban J connectivity index is 1.76. The Morgan fingerprint density at radius 1 is 1.19 bits per heavy atom. The van der Waals surface area contributed by atoms with Crippen LogP contribution in [0.1, 0.15) is 53.4 Å². The minimum Gasteiger partial charge on any atom is -0.444 e. The number of nitrogens with zero attached hydrogens (tertiary/aromatic N) is 1. The molecular formula is C24H33N3O4. The second-order valence-electron chi connectivity index (χ2n) is 9.53. The molecule has 0 bridgehead atoms. The van der Waals surface area contributed by atoms with Crippen LogP contribution >= 0.6 is 0 Å². The number of hydrogen-bond donors (Lipinski definition) is 2. The van der Waals surface area contributed by atoms with E-state index in [1.165, 1.54) is 6.07 Å². The zero-order valence-corrected chi connectivity index (χ0v) is 18.9. The average Bonchev–Trinajstić information content (AvgIpc) is 2.70. The van der Waals surface area contributed by atoms with Gasteiger partial charge in [-0.2, -0.15) is 0 Å². The van der Waals surface area contributed by atoms with E-state index < -0.39 is 17.2 Å². The molecule has 0 radical (unpaired) electrons. The number of pyridine rings is 1. The van der Waals surface area contributed by atoms with Gasteiger partial charge < -0.3 is 19.9 Å². The molecule has 1 heterocycles. The number of fused-ring (bicyclic) bond motifs is 1. The summed E-state index contributed by atoms with van der Waals surface area (Å²) in [5.41, 5.74) is -0.445. The average molecular weight is 428 g/mol. The first-order valence-electron chi connectivity index (χ1n) is 11.0. The van der Waals surface area contributed by atoms with Crippen LogP contribution < -0.4 is 16.1 Å². The van der Waals surface area contributed by atoms with Gasteiger partial charge in [0.15, 0.2) is 5.43 Å². The number of ether oxygens (including phenoxy) is 1. The highest BCUT2D eigenvalue weighted by Gasteiger charge is 2.40. The van der Waals surface area contributed by atoms with Crippen molar-refractivity contribution in [3.8, 4) is 0 Å². The molecule has 31 heavy (non-hydrogen) atoms. The standard InChI is InChI=1S/C24H33N3O4/c1-17-9-7-8-13-24(17,16-25-22(30)31-23(2,3)4)26-21(29)15-27-14-12-20(28)18-10-5-6-11-19(18)27/h5-6,10-12,14,17H,7-9,13,15-16H2,1-4H3,(H,25,30)(H,26,29)/t17-,24-/m1/s1. The summed E-state index contributed by atoms with van der Waals surface area (Å²) in [7, 11) is 0. The molecule has 1 saturated carbocycles. The summed E-state index contributed by atoms with van der Waals surface area (Å²) in [6.07, 6.45) is 5.04. The predicted molar refractivity (Wildman–Crippen MR) is 121 cm³/mol. The largest absolute Gasteiger partial charge is 0.444 e. The van der Waals surface area contributed by atoms with E-state index in [1.54, 1.807) is 16.8 Å². The van der Waals surface area contributed by atoms with E-state index in [4.69, 9.17) is 4.74 Å². The minimum absolute atomic E-state index is 0.0637. The van der Waals surface area contributed by atoms with Gasteiger partial charge in [0.1, 0.15) is 12.1 Å². The zero-order valence-electron chi connectivity index (χ0n) is 18.9. The Morgan fingerprint density at radius 3 is 2.65 bits per heavy atom. The number of benzene rings is 1. The third-order valence-electron chi connectivity index (χ3n) is 5.99. The van der Waals surface area contributed by atoms with Crippen molar-refractivity contribution in [2.24, 2.45) is 5.92 Å². The smallest absolute Gasteiger partial charge is 0.407 e. The molecule has 1 aromatic carbocycles. The maximum Gasteiger partial charge on any atom is 0.407 e. The van der Waals surface area contributed by atoms with Gasteiger partial charge in [0.2, 0.25) is 5.91 Å². The van der Waals surface area contributed by atoms with Crippen LogP contribution in [-0.2, 0) is 16.1 Å². The van der Waals surface area contributed by atoms with Crippen molar-refractivity contribution >= 4 is 22.9 Å². The molecule has 7 heteroatoms. The summed E-state index contributed by atoms with van der Waals surface area (Å²) < 4.78 is 7.16. The lowest BCUT2D eigenvalue weighted by atomic mass is 9.73. The summed E-state index contributed by atoms with van der Waals surface area (Å²) >= 11 is 0. The normalized spacial score (nSPS) is 21.5. The van der Waals surface area contributed by atoms with Crippen molar-refractivity contribution in [1.29, 1.82) is 0 Å². The number of nitrogens with one attached hydrogen (secondary N) is 2. The lowest BCUT2D eigenvalue weighted by Gasteiger charge is -2.43. The second-order valence-corrected chi connectivity index (χ2v) is 9.53. The maximum absolute atomic E-state index is 13.1. The number of hydrogen-bond acceptors (Lipinski definition) is 4. The Kier molecular flexibility index (Phi) is 6.72. The number of carbonyl (C=O) groups is 2. The fourth-order valence-corrected chi connectivity index (χ4v) is 4.32. The van der Waals surface area contributed by atoms with E-state index in [0.29, 0.717) is 11.9 Å². The molecule has 1 aliphatic rings. The number of para-hydroxylation sites is 1. The van der Waals surface area contributed by atoms with Gasteiger partial charge >= 0.3 is 6.09 Å². The first-order chi connectivity index (χ1) is 14.6. The zero-order chi connectivity index (χ0) is 22.6. The van der Waals surface area contributed by atoms with Crippen molar-refractivity contribution in [2.45, 2.75) is 71.1 Å². The number of alkyl carbamates (subject to hydrolysis) is 1. The molecule has 1 aromatic heterocycles. The van der Waals surface area contributed by atoms with E-state index in [2.05, 4.69) is 17.6 Å². The third kappa shape index (κ3) is 5.66. The van der Waals surface area contributed by atoms with E-state index in [-0.39, 0.29) is 23.8 Å². The van der Waals surface area contributed by atoms with Crippen molar-refractivity contribution in [2.75, 3.05) is 6.54 Å². The van der Waals surface area contributed by atoms with E-state index in [1.807, 2.05) is 39.0 Å². The molecule has 0 spiro atoms. The predicted octanol–water partition coefficient (Wildman–Crippen LogP) is 3.59. The summed E-state index contributed by atoms with van der Waals surface area (Å²) in [5, 5.41) is 6.67. The summed E-state index contributed by atoms with van der Waals surface area (Å²) in [5.74, 6) is 0.0689. The van der Waals surface area contributed by atoms with E-state index >= 15 is 0 Å². The summed E-state index contributed by atoms with van der Waals surface area (Å²) in [4.78, 5) is 37.4. The van der Waals surface area contributed by atoms with E-state index in [9.17, 15) is 14.4 Å². The minimum atomic E-state index is -0.579. The van der Waals surface area contributed by atoms with Crippen LogP contribution in [0.25, 0.3) is 10.9 Å². The molecule has 2 atom stereocenters. The molecule has 1 aliphatic carbocycles. The number of rotatable bonds is 5. The van der Waals surface area contributed by atoms with Crippen LogP contribution in [-0.4, -0.2) is 34.3 Å². The van der Waals surface area contributed by atoms with Crippen LogP contribution in [0.4, 0.5) is 4.79 Å². The van der Waals surface area contributed by atoms with Crippen LogP contribution in [0.15, 0.2) is 41.3 Å². The Morgan fingerprint density at radius 2 is 1.94 bits per heavy atom. The highest BCUT2D eigenvalue weighted by atomic mass is 16.6. The third-order valence-corrected chi connectivity index (χ3v) is 5.99.